The normalized spacial score (nSPS) is 12.2. The summed E-state index contributed by atoms with van der Waals surface area (Å²) in [4.78, 5) is 8.94. The van der Waals surface area contributed by atoms with Crippen molar-refractivity contribution in [2.75, 3.05) is 0 Å². The van der Waals surface area contributed by atoms with Gasteiger partial charge in [-0.25, -0.2) is 5.84 Å². The molecule has 1 aliphatic rings. The fourth-order valence-electron chi connectivity index (χ4n) is 1.00. The predicted molar refractivity (Wildman–Crippen MR) is 57.0 cm³/mol. The van der Waals surface area contributed by atoms with Crippen LogP contribution in [0.5, 0.6) is 0 Å². The van der Waals surface area contributed by atoms with Crippen molar-refractivity contribution < 1.29 is 4.79 Å². The van der Waals surface area contributed by atoms with Crippen LogP contribution in [0.3, 0.4) is 0 Å². The molecule has 0 spiro atoms. The summed E-state index contributed by atoms with van der Waals surface area (Å²) >= 11 is 0. The van der Waals surface area contributed by atoms with Crippen LogP contribution in [0, 0.1) is 0 Å². The number of amides is 1. The molecule has 1 fully saturated rings. The Labute approximate surface area is 83.6 Å². The molecule has 3 nitrogen and oxygen atoms in total. The lowest BCUT2D eigenvalue weighted by atomic mass is 10.2. The highest BCUT2D eigenvalue weighted by atomic mass is 16.1. The Morgan fingerprint density at radius 1 is 1.21 bits per heavy atom. The molecule has 0 aromatic heterocycles. The van der Waals surface area contributed by atoms with Gasteiger partial charge in [0.05, 0.1) is 0 Å². The average Bonchev–Trinajstić information content (AvgIpc) is 3.04. The van der Waals surface area contributed by atoms with Crippen LogP contribution in [0.25, 0.3) is 6.08 Å². The van der Waals surface area contributed by atoms with E-state index >= 15 is 0 Å². The maximum absolute atomic E-state index is 8.94. The first kappa shape index (κ1) is 10.5. The molecule has 0 unspecified atom stereocenters. The number of nitrogens with two attached hydrogens (primary N) is 1. The monoisotopic (exact) mass is 190 g/mol. The fraction of sp³-hybridized carbons (Fsp3) is 0.182. The second-order valence-corrected chi connectivity index (χ2v) is 3.00. The van der Waals surface area contributed by atoms with E-state index in [-0.39, 0.29) is 0 Å². The number of hydrogen-bond acceptors (Lipinski definition) is 2. The number of nitrogens with one attached hydrogen (secondary N) is 1. The van der Waals surface area contributed by atoms with Gasteiger partial charge in [0.2, 0.25) is 6.41 Å². The standard InChI is InChI=1S/C10H10.CH4N2O/c1-2-4-9(5-3-1)8-10-6-7-10;2-3-1-4/h1-5,8H,6-7H2;1H,2H2,(H,3,4). The van der Waals surface area contributed by atoms with E-state index < -0.39 is 0 Å². The minimum absolute atomic E-state index is 0.403. The topological polar surface area (TPSA) is 55.1 Å². The Morgan fingerprint density at radius 2 is 1.79 bits per heavy atom. The van der Waals surface area contributed by atoms with Gasteiger partial charge in [-0.05, 0) is 18.4 Å². The molecular weight excluding hydrogens is 176 g/mol. The molecule has 0 bridgehead atoms. The van der Waals surface area contributed by atoms with Crippen molar-refractivity contribution in [1.29, 1.82) is 0 Å². The summed E-state index contributed by atoms with van der Waals surface area (Å²) in [6.45, 7) is 0. The van der Waals surface area contributed by atoms with Crippen molar-refractivity contribution in [2.45, 2.75) is 12.8 Å². The number of rotatable bonds is 2. The predicted octanol–water partition coefficient (Wildman–Crippen LogP) is 1.47. The van der Waals surface area contributed by atoms with Crippen molar-refractivity contribution in [3.05, 3.63) is 41.5 Å². The molecule has 2 rings (SSSR count). The molecule has 0 radical (unpaired) electrons. The molecule has 1 saturated carbocycles. The Bertz CT molecular complexity index is 300. The Morgan fingerprint density at radius 3 is 2.21 bits per heavy atom. The number of hydrazine groups is 1. The zero-order valence-corrected chi connectivity index (χ0v) is 7.94. The summed E-state index contributed by atoms with van der Waals surface area (Å²) in [6, 6.07) is 10.5. The lowest BCUT2D eigenvalue weighted by molar-refractivity contribution is -0.109. The lowest BCUT2D eigenvalue weighted by Crippen LogP contribution is -2.18. The summed E-state index contributed by atoms with van der Waals surface area (Å²) in [5.74, 6) is 4.41. The van der Waals surface area contributed by atoms with Crippen LogP contribution in [0.2, 0.25) is 0 Å². The van der Waals surface area contributed by atoms with Gasteiger partial charge >= 0.3 is 0 Å². The first-order chi connectivity index (χ1) is 6.86. The van der Waals surface area contributed by atoms with Crippen molar-refractivity contribution in [2.24, 2.45) is 5.84 Å². The minimum Gasteiger partial charge on any atom is -0.297 e. The third-order valence-corrected chi connectivity index (χ3v) is 1.78. The molecular formula is C11H14N2O. The molecule has 3 N–H and O–H groups in total. The zero-order valence-electron chi connectivity index (χ0n) is 7.94. The summed E-state index contributed by atoms with van der Waals surface area (Å²) < 4.78 is 0. The van der Waals surface area contributed by atoms with E-state index in [2.05, 4.69) is 42.3 Å². The SMILES string of the molecule is C(=C1CC1)c1ccccc1.NNC=O. The second kappa shape index (κ2) is 5.94. The number of carbonyl (C=O) groups excluding carboxylic acids is 1. The first-order valence-electron chi connectivity index (χ1n) is 4.51. The summed E-state index contributed by atoms with van der Waals surface area (Å²) in [5.41, 5.74) is 4.68. The average molecular weight is 190 g/mol. The fourth-order valence-corrected chi connectivity index (χ4v) is 1.00. The van der Waals surface area contributed by atoms with E-state index in [4.69, 9.17) is 4.79 Å². The smallest absolute Gasteiger partial charge is 0.221 e. The largest absolute Gasteiger partial charge is 0.297 e. The van der Waals surface area contributed by atoms with E-state index in [0.717, 1.165) is 0 Å². The van der Waals surface area contributed by atoms with Crippen molar-refractivity contribution >= 4 is 12.5 Å². The van der Waals surface area contributed by atoms with Gasteiger partial charge in [0.15, 0.2) is 0 Å². The van der Waals surface area contributed by atoms with Crippen LogP contribution in [0.1, 0.15) is 18.4 Å². The molecule has 14 heavy (non-hydrogen) atoms. The Kier molecular flexibility index (Phi) is 4.44. The van der Waals surface area contributed by atoms with Gasteiger partial charge in [-0.1, -0.05) is 42.0 Å². The van der Waals surface area contributed by atoms with Crippen LogP contribution >= 0.6 is 0 Å². The summed E-state index contributed by atoms with van der Waals surface area (Å²) in [5, 5.41) is 0. The molecule has 74 valence electrons. The second-order valence-electron chi connectivity index (χ2n) is 3.00. The molecule has 1 aromatic carbocycles. The molecule has 0 saturated heterocycles. The molecule has 1 amide bonds. The Hall–Kier alpha value is -1.61. The van der Waals surface area contributed by atoms with Crippen molar-refractivity contribution in [3.8, 4) is 0 Å². The number of carbonyl (C=O) groups is 1. The van der Waals surface area contributed by atoms with Gasteiger partial charge in [0.1, 0.15) is 0 Å². The van der Waals surface area contributed by atoms with Gasteiger partial charge in [0, 0.05) is 0 Å². The number of benzene rings is 1. The molecule has 3 heteroatoms. The highest BCUT2D eigenvalue weighted by Crippen LogP contribution is 2.29. The number of allylic oxidation sites excluding steroid dienone is 1. The summed E-state index contributed by atoms with van der Waals surface area (Å²) in [7, 11) is 0. The van der Waals surface area contributed by atoms with Gasteiger partial charge in [-0.15, -0.1) is 0 Å². The van der Waals surface area contributed by atoms with Gasteiger partial charge in [-0.2, -0.15) is 0 Å². The molecule has 0 atom stereocenters. The van der Waals surface area contributed by atoms with Crippen molar-refractivity contribution in [3.63, 3.8) is 0 Å². The molecule has 0 aliphatic heterocycles. The third-order valence-electron chi connectivity index (χ3n) is 1.78. The Balaban J connectivity index is 0.000000213. The van der Waals surface area contributed by atoms with Gasteiger partial charge in [0.25, 0.3) is 0 Å². The third kappa shape index (κ3) is 4.42. The first-order valence-corrected chi connectivity index (χ1v) is 4.51. The van der Waals surface area contributed by atoms with E-state index in [1.807, 2.05) is 0 Å². The van der Waals surface area contributed by atoms with E-state index in [1.54, 1.807) is 11.0 Å². The lowest BCUT2D eigenvalue weighted by Gasteiger charge is -1.87. The minimum atomic E-state index is 0.403. The highest BCUT2D eigenvalue weighted by Gasteiger charge is 2.09. The molecule has 0 heterocycles. The van der Waals surface area contributed by atoms with Crippen LogP contribution < -0.4 is 11.3 Å². The van der Waals surface area contributed by atoms with Gasteiger partial charge < -0.3 is 0 Å². The quantitative estimate of drug-likeness (QED) is 0.321. The van der Waals surface area contributed by atoms with Crippen LogP contribution in [0.15, 0.2) is 35.9 Å². The zero-order chi connectivity index (χ0) is 10.2. The highest BCUT2D eigenvalue weighted by molar-refractivity contribution is 5.55. The molecule has 1 aliphatic carbocycles. The van der Waals surface area contributed by atoms with Gasteiger partial charge in [-0.3, -0.25) is 10.2 Å². The summed E-state index contributed by atoms with van der Waals surface area (Å²) in [6.07, 6.45) is 5.31. The van der Waals surface area contributed by atoms with E-state index in [9.17, 15) is 0 Å². The van der Waals surface area contributed by atoms with Crippen LogP contribution in [-0.2, 0) is 4.79 Å². The van der Waals surface area contributed by atoms with Crippen LogP contribution in [0.4, 0.5) is 0 Å². The van der Waals surface area contributed by atoms with Crippen LogP contribution in [-0.4, -0.2) is 6.41 Å². The number of hydrogen-bond donors (Lipinski definition) is 2. The van der Waals surface area contributed by atoms with Crippen molar-refractivity contribution in [1.82, 2.24) is 5.43 Å². The van der Waals surface area contributed by atoms with E-state index in [0.29, 0.717) is 6.41 Å². The maximum Gasteiger partial charge on any atom is 0.221 e. The maximum atomic E-state index is 8.94. The molecule has 1 aromatic rings. The van der Waals surface area contributed by atoms with E-state index in [1.165, 1.54) is 18.4 Å².